The van der Waals surface area contributed by atoms with Gasteiger partial charge in [-0.15, -0.1) is 0 Å². The molecule has 23 heavy (non-hydrogen) atoms. The van der Waals surface area contributed by atoms with Crippen LogP contribution < -0.4 is 4.72 Å². The normalized spacial score (nSPS) is 11.3. The van der Waals surface area contributed by atoms with E-state index in [0.717, 1.165) is 10.9 Å². The fourth-order valence-electron chi connectivity index (χ4n) is 2.11. The minimum atomic E-state index is -3.75. The second-order valence-electron chi connectivity index (χ2n) is 4.79. The number of hydrogen-bond acceptors (Lipinski definition) is 5. The lowest BCUT2D eigenvalue weighted by molar-refractivity contribution is 0.0600. The molecule has 8 heteroatoms. The molecule has 2 N–H and O–H groups in total. The maximum absolute atomic E-state index is 12.4. The molecule has 1 aromatic heterocycles. The highest BCUT2D eigenvalue weighted by atomic mass is 32.2. The van der Waals surface area contributed by atoms with Crippen LogP contribution in [0.1, 0.15) is 10.4 Å². The number of rotatable bonds is 4. The third-order valence-electron chi connectivity index (χ3n) is 3.28. The van der Waals surface area contributed by atoms with Gasteiger partial charge in [0.2, 0.25) is 0 Å². The second-order valence-corrected chi connectivity index (χ2v) is 6.48. The number of ether oxygens (including phenoxy) is 1. The molecule has 0 radical (unpaired) electrons. The monoisotopic (exact) mass is 331 g/mol. The van der Waals surface area contributed by atoms with Gasteiger partial charge in [-0.1, -0.05) is 0 Å². The van der Waals surface area contributed by atoms with Gasteiger partial charge in [-0.25, -0.2) is 13.2 Å². The maximum Gasteiger partial charge on any atom is 0.337 e. The molecule has 0 saturated carbocycles. The van der Waals surface area contributed by atoms with Gasteiger partial charge in [-0.3, -0.25) is 9.82 Å². The molecule has 0 unspecified atom stereocenters. The van der Waals surface area contributed by atoms with Crippen molar-refractivity contribution < 1.29 is 17.9 Å². The van der Waals surface area contributed by atoms with Crippen molar-refractivity contribution in [1.29, 1.82) is 0 Å². The van der Waals surface area contributed by atoms with Crippen LogP contribution >= 0.6 is 0 Å². The molecule has 0 aliphatic carbocycles. The smallest absolute Gasteiger partial charge is 0.337 e. The van der Waals surface area contributed by atoms with Gasteiger partial charge in [-0.2, -0.15) is 5.10 Å². The number of nitrogens with zero attached hydrogens (tertiary/aromatic N) is 1. The molecule has 2 aromatic carbocycles. The van der Waals surface area contributed by atoms with Gasteiger partial charge in [0.1, 0.15) is 0 Å². The van der Waals surface area contributed by atoms with Crippen LogP contribution in [-0.2, 0) is 14.8 Å². The molecule has 3 rings (SSSR count). The predicted octanol–water partition coefficient (Wildman–Crippen LogP) is 2.15. The van der Waals surface area contributed by atoms with E-state index in [9.17, 15) is 13.2 Å². The first-order valence-corrected chi connectivity index (χ1v) is 8.12. The van der Waals surface area contributed by atoms with Gasteiger partial charge in [0.15, 0.2) is 0 Å². The summed E-state index contributed by atoms with van der Waals surface area (Å²) in [6.45, 7) is 0. The lowest BCUT2D eigenvalue weighted by Crippen LogP contribution is -2.13. The zero-order chi connectivity index (χ0) is 16.4. The number of aromatic nitrogens is 2. The van der Waals surface area contributed by atoms with E-state index >= 15 is 0 Å². The number of carbonyl (C=O) groups excluding carboxylic acids is 1. The van der Waals surface area contributed by atoms with Crippen molar-refractivity contribution in [2.45, 2.75) is 4.90 Å². The van der Waals surface area contributed by atoms with Gasteiger partial charge in [0.25, 0.3) is 10.0 Å². The van der Waals surface area contributed by atoms with Crippen LogP contribution in [0.25, 0.3) is 10.9 Å². The first-order valence-electron chi connectivity index (χ1n) is 6.64. The highest BCUT2D eigenvalue weighted by molar-refractivity contribution is 7.92. The summed E-state index contributed by atoms with van der Waals surface area (Å²) in [6.07, 6.45) is 1.61. The Morgan fingerprint density at radius 3 is 2.61 bits per heavy atom. The Morgan fingerprint density at radius 2 is 1.91 bits per heavy atom. The third kappa shape index (κ3) is 3.02. The van der Waals surface area contributed by atoms with Crippen molar-refractivity contribution in [3.63, 3.8) is 0 Å². The predicted molar refractivity (Wildman–Crippen MR) is 84.7 cm³/mol. The van der Waals surface area contributed by atoms with Gasteiger partial charge in [0.05, 0.1) is 29.3 Å². The first kappa shape index (κ1) is 15.0. The fourth-order valence-corrected chi connectivity index (χ4v) is 3.16. The van der Waals surface area contributed by atoms with Crippen molar-refractivity contribution in [1.82, 2.24) is 10.2 Å². The summed E-state index contributed by atoms with van der Waals surface area (Å²) in [5.74, 6) is -0.521. The van der Waals surface area contributed by atoms with E-state index in [-0.39, 0.29) is 10.5 Å². The van der Waals surface area contributed by atoms with Crippen LogP contribution in [0.2, 0.25) is 0 Å². The number of methoxy groups -OCH3 is 1. The molecule has 0 bridgehead atoms. The second kappa shape index (κ2) is 5.73. The molecule has 0 saturated heterocycles. The summed E-state index contributed by atoms with van der Waals surface area (Å²) in [6, 6.07) is 10.6. The molecule has 0 aliphatic heterocycles. The lowest BCUT2D eigenvalue weighted by Gasteiger charge is -2.08. The summed E-state index contributed by atoms with van der Waals surface area (Å²) in [5.41, 5.74) is 1.53. The van der Waals surface area contributed by atoms with Gasteiger partial charge < -0.3 is 4.74 Å². The highest BCUT2D eigenvalue weighted by Gasteiger charge is 2.15. The number of benzene rings is 2. The lowest BCUT2D eigenvalue weighted by atomic mass is 10.2. The Labute approximate surface area is 132 Å². The molecule has 118 valence electrons. The third-order valence-corrected chi connectivity index (χ3v) is 4.68. The molecule has 0 amide bonds. The number of hydrogen-bond donors (Lipinski definition) is 2. The topological polar surface area (TPSA) is 101 Å². The molecule has 3 aromatic rings. The quantitative estimate of drug-likeness (QED) is 0.713. The standard InChI is InChI=1S/C15H13N3O4S/c1-22-15(19)10-2-5-13(6-3-10)23(20,21)18-12-4-7-14-11(8-12)9-16-17-14/h2-9,18H,1H3,(H,16,17). The zero-order valence-electron chi connectivity index (χ0n) is 12.1. The van der Waals surface area contributed by atoms with E-state index in [1.807, 2.05) is 0 Å². The van der Waals surface area contributed by atoms with Crippen LogP contribution in [0.3, 0.4) is 0 Å². The molecule has 0 fully saturated rings. The van der Waals surface area contributed by atoms with Crippen molar-refractivity contribution in [2.75, 3.05) is 11.8 Å². The minimum Gasteiger partial charge on any atom is -0.465 e. The fraction of sp³-hybridized carbons (Fsp3) is 0.0667. The molecule has 0 aliphatic rings. The summed E-state index contributed by atoms with van der Waals surface area (Å²) in [5, 5.41) is 7.48. The molecule has 7 nitrogen and oxygen atoms in total. The number of aromatic amines is 1. The zero-order valence-corrected chi connectivity index (χ0v) is 12.9. The van der Waals surface area contributed by atoms with Crippen LogP contribution in [0, 0.1) is 0 Å². The minimum absolute atomic E-state index is 0.0532. The summed E-state index contributed by atoms with van der Waals surface area (Å²) < 4.78 is 31.8. The van der Waals surface area contributed by atoms with Crippen LogP contribution in [0.15, 0.2) is 53.6 Å². The number of sulfonamides is 1. The number of fused-ring (bicyclic) bond motifs is 1. The average Bonchev–Trinajstić information content (AvgIpc) is 3.01. The van der Waals surface area contributed by atoms with E-state index in [1.165, 1.54) is 31.4 Å². The van der Waals surface area contributed by atoms with Crippen molar-refractivity contribution >= 4 is 32.6 Å². The largest absolute Gasteiger partial charge is 0.465 e. The highest BCUT2D eigenvalue weighted by Crippen LogP contribution is 2.20. The number of H-pyrrole nitrogens is 1. The molecule has 0 spiro atoms. The van der Waals surface area contributed by atoms with Gasteiger partial charge in [0, 0.05) is 11.1 Å². The molecule has 0 atom stereocenters. The number of nitrogens with one attached hydrogen (secondary N) is 2. The Bertz CT molecular complexity index is 962. The van der Waals surface area contributed by atoms with E-state index in [4.69, 9.17) is 0 Å². The van der Waals surface area contributed by atoms with E-state index in [2.05, 4.69) is 19.7 Å². The number of esters is 1. The Balaban J connectivity index is 1.87. The average molecular weight is 331 g/mol. The van der Waals surface area contributed by atoms with Crippen LogP contribution in [-0.4, -0.2) is 31.7 Å². The van der Waals surface area contributed by atoms with Crippen molar-refractivity contribution in [2.24, 2.45) is 0 Å². The Morgan fingerprint density at radius 1 is 1.17 bits per heavy atom. The first-order chi connectivity index (χ1) is 11.0. The van der Waals surface area contributed by atoms with Crippen molar-refractivity contribution in [3.05, 3.63) is 54.2 Å². The van der Waals surface area contributed by atoms with Crippen LogP contribution in [0.5, 0.6) is 0 Å². The van der Waals surface area contributed by atoms with E-state index in [1.54, 1.807) is 24.4 Å². The maximum atomic E-state index is 12.4. The summed E-state index contributed by atoms with van der Waals surface area (Å²) in [4.78, 5) is 11.4. The molecule has 1 heterocycles. The number of anilines is 1. The van der Waals surface area contributed by atoms with E-state index in [0.29, 0.717) is 5.69 Å². The van der Waals surface area contributed by atoms with Crippen LogP contribution in [0.4, 0.5) is 5.69 Å². The summed E-state index contributed by atoms with van der Waals surface area (Å²) >= 11 is 0. The Kier molecular flexibility index (Phi) is 3.75. The summed E-state index contributed by atoms with van der Waals surface area (Å²) in [7, 11) is -2.48. The van der Waals surface area contributed by atoms with Gasteiger partial charge in [-0.05, 0) is 42.5 Å². The Hall–Kier alpha value is -2.87. The molecular weight excluding hydrogens is 318 g/mol. The SMILES string of the molecule is COC(=O)c1ccc(S(=O)(=O)Nc2ccc3[nH]ncc3c2)cc1. The number of carbonyl (C=O) groups is 1. The van der Waals surface area contributed by atoms with E-state index < -0.39 is 16.0 Å². The molecular formula is C15H13N3O4S. The van der Waals surface area contributed by atoms with Crippen molar-refractivity contribution in [3.8, 4) is 0 Å². The van der Waals surface area contributed by atoms with Gasteiger partial charge >= 0.3 is 5.97 Å².